The van der Waals surface area contributed by atoms with Crippen LogP contribution in [0.3, 0.4) is 0 Å². The predicted octanol–water partition coefficient (Wildman–Crippen LogP) is 1.01. The van der Waals surface area contributed by atoms with Crippen LogP contribution in [0.1, 0.15) is 0 Å². The normalized spacial score (nSPS) is 10.2. The summed E-state index contributed by atoms with van der Waals surface area (Å²) in [4.78, 5) is 0. The first kappa shape index (κ1) is 8.18. The summed E-state index contributed by atoms with van der Waals surface area (Å²) in [5.74, 6) is 0.270. The number of hydrogen-bond donors (Lipinski definition) is 1. The topological polar surface area (TPSA) is 69.6 Å². The number of rotatable bonds is 1. The van der Waals surface area contributed by atoms with E-state index in [2.05, 4.69) is 31.5 Å². The highest BCUT2D eigenvalue weighted by Gasteiger charge is 2.06. The minimum absolute atomic E-state index is 0.270. The van der Waals surface area contributed by atoms with Gasteiger partial charge >= 0.3 is 0 Å². The smallest absolute Gasteiger partial charge is 0.245 e. The molecule has 0 aliphatic heterocycles. The van der Waals surface area contributed by atoms with Crippen LogP contribution in [0.15, 0.2) is 28.7 Å². The molecule has 2 N–H and O–H groups in total. The van der Waals surface area contributed by atoms with Gasteiger partial charge in [0.1, 0.15) is 0 Å². The van der Waals surface area contributed by atoms with Gasteiger partial charge in [-0.25, -0.2) is 0 Å². The van der Waals surface area contributed by atoms with E-state index in [-0.39, 0.29) is 5.95 Å². The van der Waals surface area contributed by atoms with Crippen LogP contribution >= 0.6 is 15.9 Å². The second-order valence-electron chi connectivity index (χ2n) is 2.40. The molecular weight excluding hydrogens is 234 g/mol. The summed E-state index contributed by atoms with van der Waals surface area (Å²) in [5.41, 5.74) is 6.37. The average Bonchev–Trinajstić information content (AvgIpc) is 2.52. The quantitative estimate of drug-likeness (QED) is 0.807. The number of hydrogen-bond acceptors (Lipinski definition) is 4. The SMILES string of the molecule is Nc1nnnn1-c1ccccc1Br. The molecule has 0 amide bonds. The molecule has 0 bridgehead atoms. The number of nitrogen functional groups attached to an aromatic ring is 1. The predicted molar refractivity (Wildman–Crippen MR) is 51.3 cm³/mol. The maximum absolute atomic E-state index is 5.55. The second-order valence-corrected chi connectivity index (χ2v) is 3.25. The van der Waals surface area contributed by atoms with Gasteiger partial charge in [0.25, 0.3) is 0 Å². The lowest BCUT2D eigenvalue weighted by Crippen LogP contribution is -2.02. The number of aromatic nitrogens is 4. The molecular formula is C7H6BrN5. The van der Waals surface area contributed by atoms with E-state index in [4.69, 9.17) is 5.73 Å². The van der Waals surface area contributed by atoms with Gasteiger partial charge < -0.3 is 5.73 Å². The first-order valence-electron chi connectivity index (χ1n) is 3.58. The molecule has 6 heteroatoms. The third-order valence-electron chi connectivity index (χ3n) is 1.57. The summed E-state index contributed by atoms with van der Waals surface area (Å²) in [6, 6.07) is 7.57. The molecule has 1 aromatic carbocycles. The zero-order valence-electron chi connectivity index (χ0n) is 6.55. The third kappa shape index (κ3) is 1.40. The molecule has 0 fully saturated rings. The summed E-state index contributed by atoms with van der Waals surface area (Å²) < 4.78 is 2.36. The van der Waals surface area contributed by atoms with Crippen molar-refractivity contribution >= 4 is 21.9 Å². The van der Waals surface area contributed by atoms with Crippen LogP contribution < -0.4 is 5.73 Å². The number of anilines is 1. The van der Waals surface area contributed by atoms with E-state index in [0.717, 1.165) is 10.2 Å². The minimum Gasteiger partial charge on any atom is -0.366 e. The zero-order valence-corrected chi connectivity index (χ0v) is 8.14. The van der Waals surface area contributed by atoms with E-state index in [1.807, 2.05) is 24.3 Å². The van der Waals surface area contributed by atoms with Crippen LogP contribution in [-0.4, -0.2) is 20.2 Å². The number of para-hydroxylation sites is 1. The van der Waals surface area contributed by atoms with E-state index in [1.54, 1.807) is 0 Å². The van der Waals surface area contributed by atoms with Gasteiger partial charge in [-0.05, 0) is 38.5 Å². The third-order valence-corrected chi connectivity index (χ3v) is 2.24. The monoisotopic (exact) mass is 239 g/mol. The Bertz CT molecular complexity index is 424. The number of nitrogens with zero attached hydrogens (tertiary/aromatic N) is 4. The largest absolute Gasteiger partial charge is 0.366 e. The number of tetrazole rings is 1. The Kier molecular flexibility index (Phi) is 1.97. The summed E-state index contributed by atoms with van der Waals surface area (Å²) in [6.07, 6.45) is 0. The molecule has 2 aromatic rings. The molecule has 0 atom stereocenters. The number of benzene rings is 1. The highest BCUT2D eigenvalue weighted by molar-refractivity contribution is 9.10. The van der Waals surface area contributed by atoms with Crippen molar-refractivity contribution in [3.05, 3.63) is 28.7 Å². The fourth-order valence-corrected chi connectivity index (χ4v) is 1.44. The molecule has 0 radical (unpaired) electrons. The fraction of sp³-hybridized carbons (Fsp3) is 0. The van der Waals surface area contributed by atoms with Crippen LogP contribution in [0.5, 0.6) is 0 Å². The van der Waals surface area contributed by atoms with Crippen LogP contribution in [0.2, 0.25) is 0 Å². The van der Waals surface area contributed by atoms with Crippen molar-refractivity contribution in [1.82, 2.24) is 20.2 Å². The summed E-state index contributed by atoms with van der Waals surface area (Å²) >= 11 is 3.38. The van der Waals surface area contributed by atoms with E-state index in [1.165, 1.54) is 4.68 Å². The Morgan fingerprint density at radius 3 is 2.69 bits per heavy atom. The molecule has 1 heterocycles. The maximum Gasteiger partial charge on any atom is 0.245 e. The second kappa shape index (κ2) is 3.14. The first-order valence-corrected chi connectivity index (χ1v) is 4.37. The highest BCUT2D eigenvalue weighted by Crippen LogP contribution is 2.20. The first-order chi connectivity index (χ1) is 6.29. The Morgan fingerprint density at radius 1 is 1.31 bits per heavy atom. The van der Waals surface area contributed by atoms with Crippen molar-refractivity contribution in [2.24, 2.45) is 0 Å². The molecule has 66 valence electrons. The van der Waals surface area contributed by atoms with Crippen molar-refractivity contribution in [2.45, 2.75) is 0 Å². The van der Waals surface area contributed by atoms with Crippen LogP contribution in [-0.2, 0) is 0 Å². The highest BCUT2D eigenvalue weighted by atomic mass is 79.9. The van der Waals surface area contributed by atoms with E-state index in [9.17, 15) is 0 Å². The van der Waals surface area contributed by atoms with Crippen molar-refractivity contribution in [3.8, 4) is 5.69 Å². The Labute approximate surface area is 82.7 Å². The van der Waals surface area contributed by atoms with Gasteiger partial charge in [-0.1, -0.05) is 17.2 Å². The molecule has 5 nitrogen and oxygen atoms in total. The molecule has 0 saturated heterocycles. The van der Waals surface area contributed by atoms with Crippen molar-refractivity contribution in [2.75, 3.05) is 5.73 Å². The molecule has 0 aliphatic carbocycles. The van der Waals surface area contributed by atoms with Gasteiger partial charge in [0.05, 0.1) is 5.69 Å². The lowest BCUT2D eigenvalue weighted by molar-refractivity contribution is 0.790. The number of nitrogens with two attached hydrogens (primary N) is 1. The van der Waals surface area contributed by atoms with Crippen molar-refractivity contribution in [3.63, 3.8) is 0 Å². The van der Waals surface area contributed by atoms with Gasteiger partial charge in [0.15, 0.2) is 0 Å². The van der Waals surface area contributed by atoms with Gasteiger partial charge in [-0.2, -0.15) is 4.68 Å². The van der Waals surface area contributed by atoms with Crippen LogP contribution in [0.4, 0.5) is 5.95 Å². The lowest BCUT2D eigenvalue weighted by atomic mass is 10.3. The summed E-state index contributed by atoms with van der Waals surface area (Å²) in [5, 5.41) is 10.8. The molecule has 2 rings (SSSR count). The van der Waals surface area contributed by atoms with Gasteiger partial charge in [0.2, 0.25) is 5.95 Å². The molecule has 13 heavy (non-hydrogen) atoms. The van der Waals surface area contributed by atoms with E-state index >= 15 is 0 Å². The van der Waals surface area contributed by atoms with Gasteiger partial charge in [-0.3, -0.25) is 0 Å². The molecule has 0 unspecified atom stereocenters. The zero-order chi connectivity index (χ0) is 9.26. The summed E-state index contributed by atoms with van der Waals surface area (Å²) in [6.45, 7) is 0. The molecule has 0 saturated carbocycles. The number of halogens is 1. The van der Waals surface area contributed by atoms with Gasteiger partial charge in [-0.15, -0.1) is 0 Å². The van der Waals surface area contributed by atoms with Crippen molar-refractivity contribution < 1.29 is 0 Å². The Hall–Kier alpha value is -1.43. The van der Waals surface area contributed by atoms with Crippen LogP contribution in [0, 0.1) is 0 Å². The van der Waals surface area contributed by atoms with E-state index < -0.39 is 0 Å². The molecule has 0 spiro atoms. The fourth-order valence-electron chi connectivity index (χ4n) is 0.989. The van der Waals surface area contributed by atoms with Crippen LogP contribution in [0.25, 0.3) is 5.69 Å². The van der Waals surface area contributed by atoms with E-state index in [0.29, 0.717) is 0 Å². The molecule has 0 aliphatic rings. The van der Waals surface area contributed by atoms with Gasteiger partial charge in [0, 0.05) is 4.47 Å². The Balaban J connectivity index is 2.59. The standard InChI is InChI=1S/C7H6BrN5/c8-5-3-1-2-4-6(5)13-7(9)10-11-12-13/h1-4H,(H2,9,10,12). The Morgan fingerprint density at radius 2 is 2.08 bits per heavy atom. The minimum atomic E-state index is 0.270. The van der Waals surface area contributed by atoms with Crippen molar-refractivity contribution in [1.29, 1.82) is 0 Å². The average molecular weight is 240 g/mol. The molecule has 1 aromatic heterocycles. The lowest BCUT2D eigenvalue weighted by Gasteiger charge is -2.02. The summed E-state index contributed by atoms with van der Waals surface area (Å²) in [7, 11) is 0. The maximum atomic E-state index is 5.55.